The van der Waals surface area contributed by atoms with Gasteiger partial charge in [0.15, 0.2) is 5.13 Å². The summed E-state index contributed by atoms with van der Waals surface area (Å²) in [5.74, 6) is 0. The van der Waals surface area contributed by atoms with Crippen LogP contribution in [0.5, 0.6) is 0 Å². The van der Waals surface area contributed by atoms with Gasteiger partial charge in [-0.2, -0.15) is 0 Å². The quantitative estimate of drug-likeness (QED) is 0.857. The number of nitrogens with one attached hydrogen (secondary N) is 2. The Bertz CT molecular complexity index is 590. The van der Waals surface area contributed by atoms with E-state index in [4.69, 9.17) is 0 Å². The largest absolute Gasteiger partial charge is 0.313 e. The van der Waals surface area contributed by atoms with E-state index >= 15 is 0 Å². The van der Waals surface area contributed by atoms with Crippen molar-refractivity contribution in [3.63, 3.8) is 0 Å². The highest BCUT2D eigenvalue weighted by atomic mass is 32.2. The third-order valence-corrected chi connectivity index (χ3v) is 5.77. The van der Waals surface area contributed by atoms with Gasteiger partial charge in [-0.15, -0.1) is 22.7 Å². The molecular weight excluding hydrogens is 290 g/mol. The number of nitrogens with zero attached hydrogens (tertiary/aromatic N) is 1. The Morgan fingerprint density at radius 3 is 2.89 bits per heavy atom. The molecule has 2 rings (SSSR count). The fraction of sp³-hybridized carbons (Fsp3) is 0.300. The molecule has 2 heterocycles. The monoisotopic (exact) mass is 303 g/mol. The van der Waals surface area contributed by atoms with Crippen molar-refractivity contribution in [1.82, 2.24) is 10.3 Å². The summed E-state index contributed by atoms with van der Waals surface area (Å²) < 4.78 is 26.8. The molecule has 8 heteroatoms. The zero-order valence-corrected chi connectivity index (χ0v) is 12.2. The van der Waals surface area contributed by atoms with Gasteiger partial charge in [-0.3, -0.25) is 4.72 Å². The van der Waals surface area contributed by atoms with Crippen molar-refractivity contribution in [2.24, 2.45) is 0 Å². The SMILES string of the molecule is CCNCc1csc(S(=O)(=O)Nc2nccs2)c1. The minimum Gasteiger partial charge on any atom is -0.313 e. The second-order valence-corrected chi connectivity index (χ2v) is 7.21. The number of sulfonamides is 1. The van der Waals surface area contributed by atoms with Crippen molar-refractivity contribution in [3.8, 4) is 0 Å². The van der Waals surface area contributed by atoms with Gasteiger partial charge in [0, 0.05) is 18.1 Å². The van der Waals surface area contributed by atoms with Crippen molar-refractivity contribution in [2.45, 2.75) is 17.7 Å². The van der Waals surface area contributed by atoms with E-state index in [1.807, 2.05) is 12.3 Å². The summed E-state index contributed by atoms with van der Waals surface area (Å²) in [6.45, 7) is 3.54. The van der Waals surface area contributed by atoms with E-state index in [0.29, 0.717) is 15.9 Å². The van der Waals surface area contributed by atoms with Gasteiger partial charge in [0.05, 0.1) is 0 Å². The smallest absolute Gasteiger partial charge is 0.273 e. The van der Waals surface area contributed by atoms with Gasteiger partial charge in [-0.25, -0.2) is 13.4 Å². The Balaban J connectivity index is 2.12. The number of hydrogen-bond donors (Lipinski definition) is 2. The Morgan fingerprint density at radius 2 is 2.22 bits per heavy atom. The number of anilines is 1. The number of aromatic nitrogens is 1. The molecule has 2 N–H and O–H groups in total. The fourth-order valence-corrected chi connectivity index (χ4v) is 4.29. The van der Waals surface area contributed by atoms with Crippen LogP contribution in [0.3, 0.4) is 0 Å². The van der Waals surface area contributed by atoms with Crippen LogP contribution in [-0.4, -0.2) is 19.9 Å². The molecular formula is C10H13N3O2S3. The van der Waals surface area contributed by atoms with Gasteiger partial charge < -0.3 is 5.32 Å². The summed E-state index contributed by atoms with van der Waals surface area (Å²) in [4.78, 5) is 3.90. The van der Waals surface area contributed by atoms with Gasteiger partial charge in [-0.05, 0) is 23.6 Å². The molecule has 0 aromatic carbocycles. The van der Waals surface area contributed by atoms with E-state index in [9.17, 15) is 8.42 Å². The predicted octanol–water partition coefficient (Wildman–Crippen LogP) is 2.11. The number of thiazole rings is 1. The first-order valence-corrected chi connectivity index (χ1v) is 8.56. The van der Waals surface area contributed by atoms with Crippen LogP contribution in [0.2, 0.25) is 0 Å². The van der Waals surface area contributed by atoms with E-state index in [0.717, 1.165) is 12.1 Å². The number of hydrogen-bond acceptors (Lipinski definition) is 6. The molecule has 0 aliphatic carbocycles. The molecule has 0 atom stereocenters. The van der Waals surface area contributed by atoms with Crippen LogP contribution in [-0.2, 0) is 16.6 Å². The molecule has 98 valence electrons. The Kier molecular flexibility index (Phi) is 4.33. The third-order valence-electron chi connectivity index (χ3n) is 2.13. The van der Waals surface area contributed by atoms with E-state index in [1.54, 1.807) is 17.6 Å². The predicted molar refractivity (Wildman–Crippen MR) is 74.6 cm³/mol. The molecule has 0 aliphatic rings. The highest BCUT2D eigenvalue weighted by Gasteiger charge is 2.17. The summed E-state index contributed by atoms with van der Waals surface area (Å²) in [5.41, 5.74) is 0.973. The lowest BCUT2D eigenvalue weighted by atomic mass is 10.3. The summed E-state index contributed by atoms with van der Waals surface area (Å²) >= 11 is 2.47. The lowest BCUT2D eigenvalue weighted by Gasteiger charge is -2.01. The van der Waals surface area contributed by atoms with Crippen molar-refractivity contribution >= 4 is 37.8 Å². The average molecular weight is 303 g/mol. The molecule has 0 bridgehead atoms. The van der Waals surface area contributed by atoms with Gasteiger partial charge in [-0.1, -0.05) is 6.92 Å². The standard InChI is InChI=1S/C10H13N3O2S3/c1-2-11-6-8-5-9(17-7-8)18(14,15)13-10-12-3-4-16-10/h3-5,7,11H,2,6H2,1H3,(H,12,13). The summed E-state index contributed by atoms with van der Waals surface area (Å²) in [6.07, 6.45) is 1.56. The Hall–Kier alpha value is -0.960. The van der Waals surface area contributed by atoms with Crippen LogP contribution in [0.15, 0.2) is 27.2 Å². The van der Waals surface area contributed by atoms with Crippen LogP contribution in [0.1, 0.15) is 12.5 Å². The maximum Gasteiger partial charge on any atom is 0.273 e. The molecule has 0 aliphatic heterocycles. The molecule has 0 saturated carbocycles. The molecule has 2 aromatic rings. The molecule has 5 nitrogen and oxygen atoms in total. The first-order chi connectivity index (χ1) is 8.62. The van der Waals surface area contributed by atoms with Crippen molar-refractivity contribution in [3.05, 3.63) is 28.6 Å². The first-order valence-electron chi connectivity index (χ1n) is 5.32. The van der Waals surface area contributed by atoms with Gasteiger partial charge in [0.2, 0.25) is 0 Å². The lowest BCUT2D eigenvalue weighted by molar-refractivity contribution is 0.603. The zero-order valence-electron chi connectivity index (χ0n) is 9.71. The lowest BCUT2D eigenvalue weighted by Crippen LogP contribution is -2.12. The van der Waals surface area contributed by atoms with E-state index < -0.39 is 10.0 Å². The summed E-state index contributed by atoms with van der Waals surface area (Å²) in [7, 11) is -3.50. The van der Waals surface area contributed by atoms with E-state index in [2.05, 4.69) is 15.0 Å². The topological polar surface area (TPSA) is 71.1 Å². The molecule has 18 heavy (non-hydrogen) atoms. The normalized spacial score (nSPS) is 11.6. The highest BCUT2D eigenvalue weighted by Crippen LogP contribution is 2.23. The van der Waals surface area contributed by atoms with Gasteiger partial charge in [0.1, 0.15) is 4.21 Å². The maximum atomic E-state index is 12.0. The number of rotatable bonds is 6. The minimum absolute atomic E-state index is 0.311. The van der Waals surface area contributed by atoms with Gasteiger partial charge in [0.25, 0.3) is 10.0 Å². The average Bonchev–Trinajstić information content (AvgIpc) is 2.96. The maximum absolute atomic E-state index is 12.0. The molecule has 0 fully saturated rings. The molecule has 0 amide bonds. The van der Waals surface area contributed by atoms with Gasteiger partial charge >= 0.3 is 0 Å². The van der Waals surface area contributed by atoms with Crippen LogP contribution < -0.4 is 10.0 Å². The molecule has 0 spiro atoms. The molecule has 2 aromatic heterocycles. The van der Waals surface area contributed by atoms with Crippen LogP contribution >= 0.6 is 22.7 Å². The fourth-order valence-electron chi connectivity index (χ4n) is 1.30. The second-order valence-electron chi connectivity index (χ2n) is 3.50. The highest BCUT2D eigenvalue weighted by molar-refractivity contribution is 7.94. The summed E-state index contributed by atoms with van der Waals surface area (Å²) in [6, 6.07) is 1.68. The molecule has 0 saturated heterocycles. The minimum atomic E-state index is -3.50. The second kappa shape index (κ2) is 5.79. The number of thiophene rings is 1. The van der Waals surface area contributed by atoms with E-state index in [1.165, 1.54) is 22.7 Å². The Labute approximate surface area is 114 Å². The first kappa shape index (κ1) is 13.5. The van der Waals surface area contributed by atoms with Crippen LogP contribution in [0, 0.1) is 0 Å². The van der Waals surface area contributed by atoms with Crippen molar-refractivity contribution < 1.29 is 8.42 Å². The van der Waals surface area contributed by atoms with Crippen molar-refractivity contribution in [1.29, 1.82) is 0 Å². The van der Waals surface area contributed by atoms with Crippen molar-refractivity contribution in [2.75, 3.05) is 11.3 Å². The summed E-state index contributed by atoms with van der Waals surface area (Å²) in [5, 5.41) is 7.11. The zero-order chi connectivity index (χ0) is 13.0. The van der Waals surface area contributed by atoms with Crippen LogP contribution in [0.4, 0.5) is 5.13 Å². The van der Waals surface area contributed by atoms with E-state index in [-0.39, 0.29) is 0 Å². The third kappa shape index (κ3) is 3.29. The molecule has 0 unspecified atom stereocenters. The Morgan fingerprint density at radius 1 is 1.39 bits per heavy atom. The van der Waals surface area contributed by atoms with Crippen LogP contribution in [0.25, 0.3) is 0 Å². The molecule has 0 radical (unpaired) electrons.